The SMILES string of the molecule is CCn1c(SCC(=O)Nc2cccc(SC)c2)nnc1-c1ccc(OC)c(OC)c1. The van der Waals surface area contributed by atoms with Crippen molar-refractivity contribution in [1.82, 2.24) is 14.8 Å². The minimum Gasteiger partial charge on any atom is -0.493 e. The first-order valence-electron chi connectivity index (χ1n) is 9.31. The number of aromatic nitrogens is 3. The molecule has 0 bridgehead atoms. The number of carbonyl (C=O) groups is 1. The number of hydrogen-bond acceptors (Lipinski definition) is 7. The van der Waals surface area contributed by atoms with Crippen molar-refractivity contribution in [2.45, 2.75) is 23.5 Å². The summed E-state index contributed by atoms with van der Waals surface area (Å²) in [4.78, 5) is 13.5. The molecule has 0 unspecified atom stereocenters. The number of amides is 1. The van der Waals surface area contributed by atoms with Gasteiger partial charge >= 0.3 is 0 Å². The van der Waals surface area contributed by atoms with Crippen LogP contribution in [0.4, 0.5) is 5.69 Å². The van der Waals surface area contributed by atoms with Crippen molar-refractivity contribution in [1.29, 1.82) is 0 Å². The van der Waals surface area contributed by atoms with E-state index in [-0.39, 0.29) is 11.7 Å². The summed E-state index contributed by atoms with van der Waals surface area (Å²) in [6.45, 7) is 2.70. The van der Waals surface area contributed by atoms with E-state index in [0.717, 1.165) is 16.1 Å². The van der Waals surface area contributed by atoms with Crippen LogP contribution in [0.2, 0.25) is 0 Å². The lowest BCUT2D eigenvalue weighted by atomic mass is 10.2. The van der Waals surface area contributed by atoms with Crippen LogP contribution in [0.1, 0.15) is 6.92 Å². The average molecular weight is 445 g/mol. The van der Waals surface area contributed by atoms with Gasteiger partial charge in [0.2, 0.25) is 5.91 Å². The third-order valence-corrected chi connectivity index (χ3v) is 6.05. The highest BCUT2D eigenvalue weighted by Gasteiger charge is 2.16. The Morgan fingerprint density at radius 3 is 2.60 bits per heavy atom. The molecule has 0 atom stereocenters. The van der Waals surface area contributed by atoms with E-state index in [9.17, 15) is 4.79 Å². The van der Waals surface area contributed by atoms with E-state index in [4.69, 9.17) is 9.47 Å². The summed E-state index contributed by atoms with van der Waals surface area (Å²) >= 11 is 2.99. The molecular formula is C21H24N4O3S2. The third kappa shape index (κ3) is 5.09. The van der Waals surface area contributed by atoms with E-state index >= 15 is 0 Å². The van der Waals surface area contributed by atoms with Crippen LogP contribution < -0.4 is 14.8 Å². The molecule has 0 saturated carbocycles. The van der Waals surface area contributed by atoms with Gasteiger partial charge in [-0.3, -0.25) is 4.79 Å². The number of rotatable bonds is 9. The molecule has 0 aliphatic heterocycles. The fourth-order valence-electron chi connectivity index (χ4n) is 2.90. The first-order chi connectivity index (χ1) is 14.6. The Kier molecular flexibility index (Phi) is 7.64. The molecule has 0 aliphatic rings. The monoisotopic (exact) mass is 444 g/mol. The van der Waals surface area contributed by atoms with Gasteiger partial charge in [0.05, 0.1) is 20.0 Å². The van der Waals surface area contributed by atoms with Gasteiger partial charge < -0.3 is 19.4 Å². The minimum atomic E-state index is -0.0865. The first kappa shape index (κ1) is 22.0. The lowest BCUT2D eigenvalue weighted by Gasteiger charge is -2.11. The Morgan fingerprint density at radius 2 is 1.90 bits per heavy atom. The van der Waals surface area contributed by atoms with Crippen molar-refractivity contribution < 1.29 is 14.3 Å². The molecule has 1 amide bonds. The lowest BCUT2D eigenvalue weighted by Crippen LogP contribution is -2.14. The number of anilines is 1. The van der Waals surface area contributed by atoms with E-state index in [1.54, 1.807) is 26.0 Å². The standard InChI is InChI=1S/C21H24N4O3S2/c1-5-25-20(14-9-10-17(27-2)18(11-14)28-3)23-24-21(25)30-13-19(26)22-15-7-6-8-16(12-15)29-4/h6-12H,5,13H2,1-4H3,(H,22,26). The lowest BCUT2D eigenvalue weighted by molar-refractivity contribution is -0.113. The largest absolute Gasteiger partial charge is 0.493 e. The molecule has 30 heavy (non-hydrogen) atoms. The molecular weight excluding hydrogens is 420 g/mol. The second kappa shape index (κ2) is 10.4. The fourth-order valence-corrected chi connectivity index (χ4v) is 4.16. The first-order valence-corrected chi connectivity index (χ1v) is 11.5. The highest BCUT2D eigenvalue weighted by molar-refractivity contribution is 7.99. The number of benzene rings is 2. The predicted molar refractivity (Wildman–Crippen MR) is 122 cm³/mol. The molecule has 1 aromatic heterocycles. The summed E-state index contributed by atoms with van der Waals surface area (Å²) in [6, 6.07) is 13.4. The van der Waals surface area contributed by atoms with Crippen molar-refractivity contribution in [3.63, 3.8) is 0 Å². The van der Waals surface area contributed by atoms with Crippen molar-refractivity contribution >= 4 is 35.1 Å². The molecule has 3 rings (SSSR count). The number of nitrogens with one attached hydrogen (secondary N) is 1. The summed E-state index contributed by atoms with van der Waals surface area (Å²) < 4.78 is 12.7. The maximum absolute atomic E-state index is 12.4. The molecule has 158 valence electrons. The summed E-state index contributed by atoms with van der Waals surface area (Å²) in [7, 11) is 3.20. The molecule has 1 heterocycles. The average Bonchev–Trinajstić information content (AvgIpc) is 3.20. The zero-order chi connectivity index (χ0) is 21.5. The van der Waals surface area contributed by atoms with Crippen LogP contribution in [0, 0.1) is 0 Å². The second-order valence-corrected chi connectivity index (χ2v) is 8.01. The number of carbonyl (C=O) groups excluding carboxylic acids is 1. The molecule has 0 fully saturated rings. The van der Waals surface area contributed by atoms with Crippen LogP contribution >= 0.6 is 23.5 Å². The van der Waals surface area contributed by atoms with E-state index < -0.39 is 0 Å². The van der Waals surface area contributed by atoms with Crippen molar-refractivity contribution in [2.75, 3.05) is 31.5 Å². The van der Waals surface area contributed by atoms with Crippen LogP contribution in [0.3, 0.4) is 0 Å². The molecule has 7 nitrogen and oxygen atoms in total. The van der Waals surface area contributed by atoms with Crippen molar-refractivity contribution in [2.24, 2.45) is 0 Å². The van der Waals surface area contributed by atoms with Crippen LogP contribution in [0.25, 0.3) is 11.4 Å². The van der Waals surface area contributed by atoms with Gasteiger partial charge in [-0.1, -0.05) is 17.8 Å². The van der Waals surface area contributed by atoms with Gasteiger partial charge in [-0.15, -0.1) is 22.0 Å². The van der Waals surface area contributed by atoms with Crippen LogP contribution in [0.5, 0.6) is 11.5 Å². The quantitative estimate of drug-likeness (QED) is 0.489. The topological polar surface area (TPSA) is 78.3 Å². The number of methoxy groups -OCH3 is 2. The maximum Gasteiger partial charge on any atom is 0.234 e. The number of ether oxygens (including phenoxy) is 2. The Morgan fingerprint density at radius 1 is 1.10 bits per heavy atom. The van der Waals surface area contributed by atoms with Gasteiger partial charge in [0, 0.05) is 22.7 Å². The second-order valence-electron chi connectivity index (χ2n) is 6.19. The normalized spacial score (nSPS) is 10.7. The summed E-state index contributed by atoms with van der Waals surface area (Å²) in [6.07, 6.45) is 2.00. The highest BCUT2D eigenvalue weighted by atomic mass is 32.2. The molecule has 0 aliphatic carbocycles. The fraction of sp³-hybridized carbons (Fsp3) is 0.286. The molecule has 3 aromatic rings. The Balaban J connectivity index is 1.72. The van der Waals surface area contributed by atoms with Gasteiger partial charge in [-0.25, -0.2) is 0 Å². The number of nitrogens with zero attached hydrogens (tertiary/aromatic N) is 3. The highest BCUT2D eigenvalue weighted by Crippen LogP contribution is 2.33. The zero-order valence-electron chi connectivity index (χ0n) is 17.3. The third-order valence-electron chi connectivity index (χ3n) is 4.36. The number of thioether (sulfide) groups is 2. The van der Waals surface area contributed by atoms with E-state index in [2.05, 4.69) is 15.5 Å². The summed E-state index contributed by atoms with van der Waals surface area (Å²) in [5.74, 6) is 2.15. The van der Waals surface area contributed by atoms with Crippen LogP contribution in [-0.2, 0) is 11.3 Å². The molecule has 2 aromatic carbocycles. The summed E-state index contributed by atoms with van der Waals surface area (Å²) in [5.41, 5.74) is 1.66. The minimum absolute atomic E-state index is 0.0865. The zero-order valence-corrected chi connectivity index (χ0v) is 19.0. The summed E-state index contributed by atoms with van der Waals surface area (Å²) in [5, 5.41) is 12.2. The van der Waals surface area contributed by atoms with Crippen molar-refractivity contribution in [3.8, 4) is 22.9 Å². The Hall–Kier alpha value is -2.65. The molecule has 0 saturated heterocycles. The van der Waals surface area contributed by atoms with Gasteiger partial charge in [0.15, 0.2) is 22.5 Å². The molecule has 0 radical (unpaired) electrons. The van der Waals surface area contributed by atoms with E-state index in [1.165, 1.54) is 11.8 Å². The van der Waals surface area contributed by atoms with E-state index in [1.807, 2.05) is 60.2 Å². The van der Waals surface area contributed by atoms with Crippen molar-refractivity contribution in [3.05, 3.63) is 42.5 Å². The molecule has 0 spiro atoms. The molecule has 1 N–H and O–H groups in total. The predicted octanol–water partition coefficient (Wildman–Crippen LogP) is 4.43. The van der Waals surface area contributed by atoms with Gasteiger partial charge in [-0.2, -0.15) is 0 Å². The Labute approximate surface area is 184 Å². The van der Waals surface area contributed by atoms with Crippen LogP contribution in [-0.4, -0.2) is 46.9 Å². The van der Waals surface area contributed by atoms with Gasteiger partial charge in [0.25, 0.3) is 0 Å². The smallest absolute Gasteiger partial charge is 0.234 e. The Bertz CT molecular complexity index is 1020. The van der Waals surface area contributed by atoms with Crippen LogP contribution in [0.15, 0.2) is 52.5 Å². The molecule has 9 heteroatoms. The van der Waals surface area contributed by atoms with Gasteiger partial charge in [-0.05, 0) is 49.6 Å². The van der Waals surface area contributed by atoms with Gasteiger partial charge in [0.1, 0.15) is 0 Å². The number of hydrogen-bond donors (Lipinski definition) is 1. The van der Waals surface area contributed by atoms with E-state index in [0.29, 0.717) is 29.0 Å². The maximum atomic E-state index is 12.4.